The average Bonchev–Trinajstić information content (AvgIpc) is 3.37. The van der Waals surface area contributed by atoms with Gasteiger partial charge in [-0.3, -0.25) is 9.59 Å². The number of hydrogen-bond acceptors (Lipinski definition) is 6. The smallest absolute Gasteiger partial charge is 0.254 e. The lowest BCUT2D eigenvalue weighted by Crippen LogP contribution is -2.50. The van der Waals surface area contributed by atoms with Gasteiger partial charge in [0, 0.05) is 24.4 Å². The second kappa shape index (κ2) is 8.08. The molecule has 4 rings (SSSR count). The van der Waals surface area contributed by atoms with E-state index in [0.717, 1.165) is 42.8 Å². The Hall–Kier alpha value is -2.52. The summed E-state index contributed by atoms with van der Waals surface area (Å²) in [5, 5.41) is 4.25. The van der Waals surface area contributed by atoms with Crippen LogP contribution in [-0.4, -0.2) is 63.4 Å². The Kier molecular flexibility index (Phi) is 5.51. The molecule has 156 valence electrons. The zero-order chi connectivity index (χ0) is 20.5. The molecule has 4 heterocycles. The largest absolute Gasteiger partial charge is 0.365 e. The van der Waals surface area contributed by atoms with Crippen molar-refractivity contribution in [1.29, 1.82) is 0 Å². The van der Waals surface area contributed by atoms with Gasteiger partial charge in [-0.25, -0.2) is 9.50 Å². The summed E-state index contributed by atoms with van der Waals surface area (Å²) in [5.41, 5.74) is 8.77. The quantitative estimate of drug-likeness (QED) is 0.804. The van der Waals surface area contributed by atoms with Crippen LogP contribution >= 0.6 is 0 Å². The Morgan fingerprint density at radius 2 is 2.00 bits per heavy atom. The van der Waals surface area contributed by atoms with Crippen LogP contribution < -0.4 is 5.73 Å². The molecule has 9 heteroatoms. The van der Waals surface area contributed by atoms with E-state index in [1.807, 2.05) is 18.7 Å². The molecule has 2 aromatic heterocycles. The Balaban J connectivity index is 1.51. The van der Waals surface area contributed by atoms with Crippen LogP contribution in [0.4, 0.5) is 0 Å². The van der Waals surface area contributed by atoms with Crippen LogP contribution in [0.5, 0.6) is 0 Å². The lowest BCUT2D eigenvalue weighted by molar-refractivity contribution is -0.150. The Morgan fingerprint density at radius 1 is 1.24 bits per heavy atom. The van der Waals surface area contributed by atoms with E-state index < -0.39 is 5.91 Å². The number of aromatic nitrogens is 3. The van der Waals surface area contributed by atoms with E-state index in [0.29, 0.717) is 37.3 Å². The standard InChI is InChI=1S/C20H27N5O4/c1-12-14(13(2)25-19(23-12)15(11-22-25)18(21)27)6-7-17(26)24-8-4-3-5-16(24)20-28-9-10-29-20/h11,16,20H,3-10H2,1-2H3,(H2,21,27). The molecule has 0 saturated carbocycles. The molecule has 2 fully saturated rings. The van der Waals surface area contributed by atoms with Crippen LogP contribution in [0.25, 0.3) is 5.65 Å². The van der Waals surface area contributed by atoms with Crippen molar-refractivity contribution >= 4 is 17.5 Å². The maximum atomic E-state index is 13.0. The molecular formula is C20H27N5O4. The molecule has 2 aliphatic rings. The first-order valence-corrected chi connectivity index (χ1v) is 10.1. The first-order chi connectivity index (χ1) is 14.0. The molecule has 2 amide bonds. The number of carbonyl (C=O) groups is 2. The number of aryl methyl sites for hydroxylation is 2. The summed E-state index contributed by atoms with van der Waals surface area (Å²) >= 11 is 0. The highest BCUT2D eigenvalue weighted by atomic mass is 16.7. The normalized spacial score (nSPS) is 20.5. The molecule has 1 unspecified atom stereocenters. The van der Waals surface area contributed by atoms with Gasteiger partial charge in [-0.05, 0) is 45.1 Å². The van der Waals surface area contributed by atoms with Crippen molar-refractivity contribution in [3.63, 3.8) is 0 Å². The molecule has 0 spiro atoms. The van der Waals surface area contributed by atoms with Crippen LogP contribution in [0.1, 0.15) is 53.0 Å². The lowest BCUT2D eigenvalue weighted by Gasteiger charge is -2.38. The molecule has 2 saturated heterocycles. The summed E-state index contributed by atoms with van der Waals surface area (Å²) in [6.07, 6.45) is 5.05. The van der Waals surface area contributed by atoms with Gasteiger partial charge in [-0.1, -0.05) is 0 Å². The fourth-order valence-corrected chi connectivity index (χ4v) is 4.37. The van der Waals surface area contributed by atoms with Crippen molar-refractivity contribution in [1.82, 2.24) is 19.5 Å². The fourth-order valence-electron chi connectivity index (χ4n) is 4.37. The molecule has 0 bridgehead atoms. The predicted molar refractivity (Wildman–Crippen MR) is 104 cm³/mol. The lowest BCUT2D eigenvalue weighted by atomic mass is 9.99. The first kappa shape index (κ1) is 19.8. The van der Waals surface area contributed by atoms with Crippen molar-refractivity contribution in [3.8, 4) is 0 Å². The van der Waals surface area contributed by atoms with Crippen LogP contribution in [0.2, 0.25) is 0 Å². The van der Waals surface area contributed by atoms with E-state index in [9.17, 15) is 9.59 Å². The van der Waals surface area contributed by atoms with Crippen molar-refractivity contribution in [2.75, 3.05) is 19.8 Å². The molecule has 2 N–H and O–H groups in total. The van der Waals surface area contributed by atoms with Crippen molar-refractivity contribution in [2.24, 2.45) is 5.73 Å². The van der Waals surface area contributed by atoms with Gasteiger partial charge < -0.3 is 20.1 Å². The van der Waals surface area contributed by atoms with Gasteiger partial charge in [-0.2, -0.15) is 5.10 Å². The number of likely N-dealkylation sites (tertiary alicyclic amines) is 1. The minimum atomic E-state index is -0.554. The van der Waals surface area contributed by atoms with E-state index in [4.69, 9.17) is 15.2 Å². The second-order valence-corrected chi connectivity index (χ2v) is 7.68. The molecule has 0 radical (unpaired) electrons. The van der Waals surface area contributed by atoms with Crippen molar-refractivity contribution in [3.05, 3.63) is 28.7 Å². The van der Waals surface area contributed by atoms with Gasteiger partial charge in [0.25, 0.3) is 5.91 Å². The van der Waals surface area contributed by atoms with E-state index >= 15 is 0 Å². The maximum absolute atomic E-state index is 13.0. The molecule has 9 nitrogen and oxygen atoms in total. The van der Waals surface area contributed by atoms with Crippen molar-refractivity contribution in [2.45, 2.75) is 58.3 Å². The Morgan fingerprint density at radius 3 is 2.72 bits per heavy atom. The summed E-state index contributed by atoms with van der Waals surface area (Å²) in [4.78, 5) is 31.0. The summed E-state index contributed by atoms with van der Waals surface area (Å²) in [6.45, 7) is 5.72. The van der Waals surface area contributed by atoms with Gasteiger partial charge in [0.15, 0.2) is 11.9 Å². The number of fused-ring (bicyclic) bond motifs is 1. The highest BCUT2D eigenvalue weighted by molar-refractivity contribution is 5.98. The third-order valence-corrected chi connectivity index (χ3v) is 5.89. The fraction of sp³-hybridized carbons (Fsp3) is 0.600. The summed E-state index contributed by atoms with van der Waals surface area (Å²) in [6, 6.07) is -0.00853. The highest BCUT2D eigenvalue weighted by Crippen LogP contribution is 2.26. The maximum Gasteiger partial charge on any atom is 0.254 e. The zero-order valence-corrected chi connectivity index (χ0v) is 16.9. The number of hydrogen-bond donors (Lipinski definition) is 1. The third kappa shape index (κ3) is 3.72. The first-order valence-electron chi connectivity index (χ1n) is 10.1. The Labute approximate surface area is 169 Å². The molecule has 0 aromatic carbocycles. The molecule has 1 atom stereocenters. The summed E-state index contributed by atoms with van der Waals surface area (Å²) in [7, 11) is 0. The minimum absolute atomic E-state index is 0.00853. The van der Waals surface area contributed by atoms with E-state index in [-0.39, 0.29) is 18.2 Å². The molecule has 29 heavy (non-hydrogen) atoms. The number of rotatable bonds is 5. The number of piperidine rings is 1. The molecule has 2 aromatic rings. The van der Waals surface area contributed by atoms with E-state index in [1.54, 1.807) is 4.52 Å². The number of carbonyl (C=O) groups excluding carboxylic acids is 2. The monoisotopic (exact) mass is 401 g/mol. The number of amides is 2. The topological polar surface area (TPSA) is 112 Å². The number of nitrogens with zero attached hydrogens (tertiary/aromatic N) is 4. The van der Waals surface area contributed by atoms with Gasteiger partial charge in [-0.15, -0.1) is 0 Å². The Bertz CT molecular complexity index is 935. The number of primary amides is 1. The molecular weight excluding hydrogens is 374 g/mol. The van der Waals surface area contributed by atoms with Crippen LogP contribution in [0.15, 0.2) is 6.20 Å². The third-order valence-electron chi connectivity index (χ3n) is 5.89. The van der Waals surface area contributed by atoms with Gasteiger partial charge in [0.05, 0.1) is 25.5 Å². The second-order valence-electron chi connectivity index (χ2n) is 7.68. The predicted octanol–water partition coefficient (Wildman–Crippen LogP) is 1.13. The SMILES string of the molecule is Cc1nc2c(C(N)=O)cnn2c(C)c1CCC(=O)N1CCCCC1C1OCCO1. The van der Waals surface area contributed by atoms with Gasteiger partial charge >= 0.3 is 0 Å². The highest BCUT2D eigenvalue weighted by Gasteiger charge is 2.36. The average molecular weight is 401 g/mol. The van der Waals surface area contributed by atoms with E-state index in [1.165, 1.54) is 6.20 Å². The number of ether oxygens (including phenoxy) is 2. The zero-order valence-electron chi connectivity index (χ0n) is 16.9. The summed E-state index contributed by atoms with van der Waals surface area (Å²) in [5.74, 6) is -0.451. The van der Waals surface area contributed by atoms with Crippen LogP contribution in [-0.2, 0) is 20.7 Å². The van der Waals surface area contributed by atoms with Crippen LogP contribution in [0.3, 0.4) is 0 Å². The van der Waals surface area contributed by atoms with Gasteiger partial charge in [0.2, 0.25) is 5.91 Å². The minimum Gasteiger partial charge on any atom is -0.365 e. The summed E-state index contributed by atoms with van der Waals surface area (Å²) < 4.78 is 13.0. The molecule has 0 aliphatic carbocycles. The van der Waals surface area contributed by atoms with E-state index in [2.05, 4.69) is 10.1 Å². The number of nitrogens with two attached hydrogens (primary N) is 1. The molecule has 2 aliphatic heterocycles. The van der Waals surface area contributed by atoms with Crippen LogP contribution in [0, 0.1) is 13.8 Å². The van der Waals surface area contributed by atoms with Gasteiger partial charge in [0.1, 0.15) is 5.56 Å². The van der Waals surface area contributed by atoms with Crippen molar-refractivity contribution < 1.29 is 19.1 Å².